The number of nitrogens with zero attached hydrogens (tertiary/aromatic N) is 5. The first-order chi connectivity index (χ1) is 13.3. The first-order valence-corrected chi connectivity index (χ1v) is 9.40. The molecule has 148 valence electrons. The van der Waals surface area contributed by atoms with Crippen LogP contribution in [0.5, 0.6) is 11.9 Å². The number of aromatic nitrogens is 4. The standard InChI is InChI=1S/C18H19F2N5O2S/c1-17(2)7-25(8-18(17,19)20)13-10-5-12(28-15(10)23-9-22-13)11-6-21-16(27-4)24-14(11)26-3/h5-6,9H,7-8H2,1-4H3. The fourth-order valence-electron chi connectivity index (χ4n) is 3.25. The van der Waals surface area contributed by atoms with Gasteiger partial charge in [-0.25, -0.2) is 23.7 Å². The monoisotopic (exact) mass is 407 g/mol. The van der Waals surface area contributed by atoms with E-state index >= 15 is 0 Å². The summed E-state index contributed by atoms with van der Waals surface area (Å²) in [6.45, 7) is 2.99. The van der Waals surface area contributed by atoms with Gasteiger partial charge in [0.05, 0.1) is 31.7 Å². The number of thiophene rings is 1. The van der Waals surface area contributed by atoms with Gasteiger partial charge in [-0.05, 0) is 6.07 Å². The van der Waals surface area contributed by atoms with Crippen LogP contribution in [0.25, 0.3) is 20.7 Å². The van der Waals surface area contributed by atoms with Crippen molar-refractivity contribution < 1.29 is 18.3 Å². The lowest BCUT2D eigenvalue weighted by Gasteiger charge is -2.23. The number of ether oxygens (including phenoxy) is 2. The molecule has 0 spiro atoms. The van der Waals surface area contributed by atoms with Crippen molar-refractivity contribution in [1.29, 1.82) is 0 Å². The van der Waals surface area contributed by atoms with Crippen LogP contribution in [0.15, 0.2) is 18.6 Å². The van der Waals surface area contributed by atoms with Crippen molar-refractivity contribution >= 4 is 27.4 Å². The second-order valence-corrected chi connectivity index (χ2v) is 8.28. The third-order valence-electron chi connectivity index (χ3n) is 4.95. The topological polar surface area (TPSA) is 73.3 Å². The maximum atomic E-state index is 14.4. The molecule has 4 rings (SSSR count). The minimum Gasteiger partial charge on any atom is -0.480 e. The van der Waals surface area contributed by atoms with Crippen molar-refractivity contribution in [1.82, 2.24) is 19.9 Å². The van der Waals surface area contributed by atoms with Gasteiger partial charge in [0.15, 0.2) is 0 Å². The average Bonchev–Trinajstić information content (AvgIpc) is 3.18. The lowest BCUT2D eigenvalue weighted by Crippen LogP contribution is -2.34. The van der Waals surface area contributed by atoms with Crippen LogP contribution >= 0.6 is 11.3 Å². The fraction of sp³-hybridized carbons (Fsp3) is 0.444. The quantitative estimate of drug-likeness (QED) is 0.654. The summed E-state index contributed by atoms with van der Waals surface area (Å²) in [5, 5.41) is 0.717. The Kier molecular flexibility index (Phi) is 4.33. The molecule has 1 aliphatic rings. The molecule has 0 aliphatic carbocycles. The highest BCUT2D eigenvalue weighted by molar-refractivity contribution is 7.22. The van der Waals surface area contributed by atoms with Crippen LogP contribution in [0.2, 0.25) is 0 Å². The first kappa shape index (κ1) is 18.7. The van der Waals surface area contributed by atoms with Crippen LogP contribution in [0, 0.1) is 5.41 Å². The number of halogens is 2. The zero-order chi connectivity index (χ0) is 20.1. The number of fused-ring (bicyclic) bond motifs is 1. The van der Waals surface area contributed by atoms with E-state index in [1.165, 1.54) is 31.9 Å². The van der Waals surface area contributed by atoms with Gasteiger partial charge in [0.1, 0.15) is 17.0 Å². The van der Waals surface area contributed by atoms with Gasteiger partial charge < -0.3 is 14.4 Å². The molecule has 4 heterocycles. The van der Waals surface area contributed by atoms with E-state index in [1.807, 2.05) is 6.07 Å². The first-order valence-electron chi connectivity index (χ1n) is 8.58. The van der Waals surface area contributed by atoms with Crippen molar-refractivity contribution in [3.63, 3.8) is 0 Å². The Morgan fingerprint density at radius 1 is 1.11 bits per heavy atom. The van der Waals surface area contributed by atoms with E-state index in [-0.39, 0.29) is 19.1 Å². The molecule has 1 saturated heterocycles. The van der Waals surface area contributed by atoms with Crippen LogP contribution < -0.4 is 14.4 Å². The number of hydrogen-bond donors (Lipinski definition) is 0. The van der Waals surface area contributed by atoms with Crippen molar-refractivity contribution in [2.75, 3.05) is 32.2 Å². The molecule has 0 N–H and O–H groups in total. The summed E-state index contributed by atoms with van der Waals surface area (Å²) in [5.41, 5.74) is -0.458. The van der Waals surface area contributed by atoms with E-state index < -0.39 is 11.3 Å². The zero-order valence-electron chi connectivity index (χ0n) is 15.9. The Balaban J connectivity index is 1.79. The van der Waals surface area contributed by atoms with Gasteiger partial charge in [0, 0.05) is 23.0 Å². The predicted molar refractivity (Wildman–Crippen MR) is 102 cm³/mol. The fourth-order valence-corrected chi connectivity index (χ4v) is 4.25. The summed E-state index contributed by atoms with van der Waals surface area (Å²) in [6.07, 6.45) is 3.01. The number of hydrogen-bond acceptors (Lipinski definition) is 8. The lowest BCUT2D eigenvalue weighted by atomic mass is 9.89. The number of alkyl halides is 2. The van der Waals surface area contributed by atoms with Crippen molar-refractivity contribution in [3.05, 3.63) is 18.6 Å². The molecular weight excluding hydrogens is 388 g/mol. The Morgan fingerprint density at radius 3 is 2.54 bits per heavy atom. The minimum atomic E-state index is -2.80. The Bertz CT molecular complexity index is 1020. The Hall–Kier alpha value is -2.62. The molecule has 1 fully saturated rings. The zero-order valence-corrected chi connectivity index (χ0v) is 16.7. The van der Waals surface area contributed by atoms with E-state index in [0.717, 1.165) is 4.88 Å². The largest absolute Gasteiger partial charge is 0.480 e. The van der Waals surface area contributed by atoms with Crippen molar-refractivity contribution in [2.45, 2.75) is 19.8 Å². The maximum absolute atomic E-state index is 14.4. The van der Waals surface area contributed by atoms with Crippen LogP contribution in [0.3, 0.4) is 0 Å². The molecule has 10 heteroatoms. The molecule has 0 unspecified atom stereocenters. The highest BCUT2D eigenvalue weighted by Gasteiger charge is 2.54. The molecular formula is C18H19F2N5O2S. The summed E-state index contributed by atoms with van der Waals surface area (Å²) in [7, 11) is 2.99. The second-order valence-electron chi connectivity index (χ2n) is 7.25. The molecule has 0 aromatic carbocycles. The highest BCUT2D eigenvalue weighted by Crippen LogP contribution is 2.46. The molecule has 3 aromatic heterocycles. The third-order valence-corrected chi connectivity index (χ3v) is 6.02. The van der Waals surface area contributed by atoms with Gasteiger partial charge >= 0.3 is 6.01 Å². The predicted octanol–water partition coefficient (Wildman–Crippen LogP) is 3.65. The van der Waals surface area contributed by atoms with Gasteiger partial charge in [-0.2, -0.15) is 4.98 Å². The lowest BCUT2D eigenvalue weighted by molar-refractivity contribution is -0.0642. The molecule has 0 saturated carbocycles. The van der Waals surface area contributed by atoms with Gasteiger partial charge in [-0.1, -0.05) is 13.8 Å². The second kappa shape index (κ2) is 6.47. The van der Waals surface area contributed by atoms with E-state index in [9.17, 15) is 8.78 Å². The van der Waals surface area contributed by atoms with Crippen LogP contribution in [-0.2, 0) is 0 Å². The molecule has 0 amide bonds. The van der Waals surface area contributed by atoms with Crippen molar-refractivity contribution in [3.8, 4) is 22.3 Å². The normalized spacial score (nSPS) is 17.9. The number of rotatable bonds is 4. The summed E-state index contributed by atoms with van der Waals surface area (Å²) >= 11 is 1.40. The van der Waals surface area contributed by atoms with E-state index in [0.29, 0.717) is 27.5 Å². The maximum Gasteiger partial charge on any atom is 0.319 e. The van der Waals surface area contributed by atoms with Crippen LogP contribution in [0.1, 0.15) is 13.8 Å². The molecule has 7 nitrogen and oxygen atoms in total. The third kappa shape index (κ3) is 2.92. The van der Waals surface area contributed by atoms with Gasteiger partial charge in [-0.3, -0.25) is 0 Å². The molecule has 1 aliphatic heterocycles. The summed E-state index contributed by atoms with van der Waals surface area (Å²) in [6, 6.07) is 2.07. The summed E-state index contributed by atoms with van der Waals surface area (Å²) in [5.74, 6) is -1.93. The molecule has 0 atom stereocenters. The number of methoxy groups -OCH3 is 2. The number of anilines is 1. The molecule has 0 radical (unpaired) electrons. The van der Waals surface area contributed by atoms with Crippen LogP contribution in [-0.4, -0.2) is 53.2 Å². The van der Waals surface area contributed by atoms with Gasteiger partial charge in [-0.15, -0.1) is 11.3 Å². The van der Waals surface area contributed by atoms with Crippen LogP contribution in [0.4, 0.5) is 14.6 Å². The molecule has 3 aromatic rings. The SMILES string of the molecule is COc1ncc(-c2cc3c(N4CC(C)(C)C(F)(F)C4)ncnc3s2)c(OC)n1. The Morgan fingerprint density at radius 2 is 1.89 bits per heavy atom. The average molecular weight is 407 g/mol. The van der Waals surface area contributed by atoms with E-state index in [4.69, 9.17) is 9.47 Å². The van der Waals surface area contributed by atoms with E-state index in [2.05, 4.69) is 19.9 Å². The van der Waals surface area contributed by atoms with E-state index in [1.54, 1.807) is 24.9 Å². The minimum absolute atomic E-state index is 0.198. The molecule has 0 bridgehead atoms. The van der Waals surface area contributed by atoms with Gasteiger partial charge in [0.2, 0.25) is 5.88 Å². The Labute approximate surface area is 164 Å². The smallest absolute Gasteiger partial charge is 0.319 e. The summed E-state index contributed by atoms with van der Waals surface area (Å²) < 4.78 is 39.1. The molecule has 28 heavy (non-hydrogen) atoms. The summed E-state index contributed by atoms with van der Waals surface area (Å²) in [4.78, 5) is 20.1. The van der Waals surface area contributed by atoms with Crippen molar-refractivity contribution in [2.24, 2.45) is 5.41 Å². The van der Waals surface area contributed by atoms with Gasteiger partial charge in [0.25, 0.3) is 5.92 Å². The highest BCUT2D eigenvalue weighted by atomic mass is 32.1.